The highest BCUT2D eigenvalue weighted by atomic mass is 32.2. The molecule has 0 aliphatic carbocycles. The molecule has 0 fully saturated rings. The number of carbonyl (C=O) groups excluding carboxylic acids is 2. The van der Waals surface area contributed by atoms with Crippen LogP contribution >= 0.6 is 11.8 Å². The lowest BCUT2D eigenvalue weighted by Gasteiger charge is -2.24. The Labute approximate surface area is 163 Å². The third-order valence-corrected chi connectivity index (χ3v) is 6.37. The quantitative estimate of drug-likeness (QED) is 0.794. The van der Waals surface area contributed by atoms with Crippen LogP contribution in [-0.2, 0) is 4.79 Å². The third kappa shape index (κ3) is 3.28. The smallest absolute Gasteiger partial charge is 0.258 e. The summed E-state index contributed by atoms with van der Waals surface area (Å²) in [5.41, 5.74) is 3.19. The van der Waals surface area contributed by atoms with Gasteiger partial charge in [-0.05, 0) is 24.6 Å². The summed E-state index contributed by atoms with van der Waals surface area (Å²) in [4.78, 5) is 30.3. The molecule has 0 saturated carbocycles. The maximum Gasteiger partial charge on any atom is 0.258 e. The molecule has 0 bridgehead atoms. The summed E-state index contributed by atoms with van der Waals surface area (Å²) in [6.07, 6.45) is 1.23. The molecule has 2 aliphatic heterocycles. The lowest BCUT2D eigenvalue weighted by atomic mass is 10.1. The summed E-state index contributed by atoms with van der Waals surface area (Å²) in [7, 11) is 0. The number of anilines is 1. The van der Waals surface area contributed by atoms with Gasteiger partial charge in [-0.3, -0.25) is 9.59 Å². The van der Waals surface area contributed by atoms with E-state index in [1.54, 1.807) is 4.90 Å². The molecule has 4 nitrogen and oxygen atoms in total. The van der Waals surface area contributed by atoms with Crippen molar-refractivity contribution in [3.05, 3.63) is 66.2 Å². The van der Waals surface area contributed by atoms with E-state index < -0.39 is 0 Å². The van der Waals surface area contributed by atoms with Crippen molar-refractivity contribution in [3.63, 3.8) is 0 Å². The molecule has 2 aliphatic rings. The summed E-state index contributed by atoms with van der Waals surface area (Å²) < 4.78 is 0. The molecule has 0 unspecified atom stereocenters. The van der Waals surface area contributed by atoms with Gasteiger partial charge in [0.25, 0.3) is 5.91 Å². The van der Waals surface area contributed by atoms with Gasteiger partial charge < -0.3 is 9.80 Å². The van der Waals surface area contributed by atoms with Crippen LogP contribution in [0.4, 0.5) is 5.69 Å². The molecule has 2 amide bonds. The van der Waals surface area contributed by atoms with Crippen molar-refractivity contribution in [2.75, 3.05) is 18.0 Å². The fourth-order valence-electron chi connectivity index (χ4n) is 3.66. The summed E-state index contributed by atoms with van der Waals surface area (Å²) in [6.45, 7) is 7.31. The largest absolute Gasteiger partial charge is 0.311 e. The maximum absolute atomic E-state index is 13.0. The Morgan fingerprint density at radius 3 is 2.63 bits per heavy atom. The molecule has 0 radical (unpaired) electrons. The number of hydrogen-bond acceptors (Lipinski definition) is 3. The Morgan fingerprint density at radius 2 is 1.85 bits per heavy atom. The molecule has 27 heavy (non-hydrogen) atoms. The minimum absolute atomic E-state index is 0.0497. The van der Waals surface area contributed by atoms with E-state index >= 15 is 0 Å². The molecule has 2 aromatic rings. The minimum Gasteiger partial charge on any atom is -0.311 e. The van der Waals surface area contributed by atoms with Gasteiger partial charge in [-0.15, -0.1) is 11.8 Å². The zero-order chi connectivity index (χ0) is 19.0. The maximum atomic E-state index is 13.0. The summed E-state index contributed by atoms with van der Waals surface area (Å²) >= 11 is 1.82. The molecular weight excluding hydrogens is 356 g/mol. The van der Waals surface area contributed by atoms with Crippen LogP contribution in [-0.4, -0.2) is 35.1 Å². The highest BCUT2D eigenvalue weighted by Crippen LogP contribution is 2.37. The molecular formula is C22H22N2O2S. The van der Waals surface area contributed by atoms with Crippen LogP contribution in [0.1, 0.15) is 35.7 Å². The van der Waals surface area contributed by atoms with E-state index in [1.165, 1.54) is 0 Å². The van der Waals surface area contributed by atoms with E-state index in [2.05, 4.69) is 19.6 Å². The van der Waals surface area contributed by atoms with Gasteiger partial charge in [0, 0.05) is 46.5 Å². The highest BCUT2D eigenvalue weighted by molar-refractivity contribution is 8.00. The fourth-order valence-corrected chi connectivity index (χ4v) is 4.77. The number of carbonyl (C=O) groups is 2. The zero-order valence-electron chi connectivity index (χ0n) is 15.4. The predicted molar refractivity (Wildman–Crippen MR) is 110 cm³/mol. The van der Waals surface area contributed by atoms with Crippen LogP contribution < -0.4 is 4.90 Å². The molecule has 2 heterocycles. The summed E-state index contributed by atoms with van der Waals surface area (Å²) in [5.74, 6) is -0.0162. The number of fused-ring (bicyclic) bond motifs is 2. The third-order valence-electron chi connectivity index (χ3n) is 5.13. The van der Waals surface area contributed by atoms with Crippen LogP contribution in [0.5, 0.6) is 0 Å². The molecule has 5 heteroatoms. The second-order valence-corrected chi connectivity index (χ2v) is 8.41. The van der Waals surface area contributed by atoms with Crippen LogP contribution in [0.2, 0.25) is 0 Å². The number of thioether (sulfide) groups is 1. The molecule has 138 valence electrons. The van der Waals surface area contributed by atoms with Gasteiger partial charge in [0.1, 0.15) is 0 Å². The average Bonchev–Trinajstić information content (AvgIpc) is 2.81. The number of amides is 2. The number of para-hydroxylation sites is 1. The average molecular weight is 378 g/mol. The Kier molecular flexibility index (Phi) is 4.79. The fraction of sp³-hybridized carbons (Fsp3) is 0.273. The lowest BCUT2D eigenvalue weighted by Crippen LogP contribution is -2.35. The molecule has 0 aromatic heterocycles. The van der Waals surface area contributed by atoms with Crippen molar-refractivity contribution in [3.8, 4) is 0 Å². The van der Waals surface area contributed by atoms with Crippen molar-refractivity contribution < 1.29 is 9.59 Å². The number of nitrogens with zero attached hydrogens (tertiary/aromatic N) is 2. The van der Waals surface area contributed by atoms with Crippen molar-refractivity contribution in [2.45, 2.75) is 29.9 Å². The van der Waals surface area contributed by atoms with Gasteiger partial charge in [-0.25, -0.2) is 0 Å². The van der Waals surface area contributed by atoms with Gasteiger partial charge in [-0.2, -0.15) is 0 Å². The number of benzene rings is 2. The first-order chi connectivity index (χ1) is 13.1. The van der Waals surface area contributed by atoms with Gasteiger partial charge in [0.2, 0.25) is 5.91 Å². The van der Waals surface area contributed by atoms with E-state index in [4.69, 9.17) is 0 Å². The molecule has 1 atom stereocenters. The van der Waals surface area contributed by atoms with Crippen LogP contribution in [0.3, 0.4) is 0 Å². The van der Waals surface area contributed by atoms with Crippen molar-refractivity contribution in [1.29, 1.82) is 0 Å². The zero-order valence-corrected chi connectivity index (χ0v) is 16.2. The van der Waals surface area contributed by atoms with Crippen LogP contribution in [0, 0.1) is 0 Å². The monoisotopic (exact) mass is 378 g/mol. The van der Waals surface area contributed by atoms with E-state index in [-0.39, 0.29) is 18.2 Å². The van der Waals surface area contributed by atoms with E-state index in [9.17, 15) is 9.59 Å². The Balaban J connectivity index is 1.49. The number of hydrogen-bond donors (Lipinski definition) is 0. The Morgan fingerprint density at radius 1 is 1.15 bits per heavy atom. The molecule has 0 spiro atoms. The van der Waals surface area contributed by atoms with Crippen molar-refractivity contribution >= 4 is 35.0 Å². The normalized spacial score (nSPS) is 18.9. The summed E-state index contributed by atoms with van der Waals surface area (Å²) in [5, 5.41) is 0.471. The van der Waals surface area contributed by atoms with Crippen molar-refractivity contribution in [2.24, 2.45) is 0 Å². The van der Waals surface area contributed by atoms with Crippen molar-refractivity contribution in [1.82, 2.24) is 4.90 Å². The predicted octanol–water partition coefficient (Wildman–Crippen LogP) is 4.42. The Hall–Kier alpha value is -2.53. The van der Waals surface area contributed by atoms with E-state index in [0.29, 0.717) is 29.6 Å². The summed E-state index contributed by atoms with van der Waals surface area (Å²) in [6, 6.07) is 15.5. The SMILES string of the molecule is C=C1c2ccccc2C(=O)N1CCC(=O)N1CC[C@@H](C)Sc2ccccc21. The lowest BCUT2D eigenvalue weighted by molar-refractivity contribution is -0.118. The molecule has 2 aromatic carbocycles. The molecule has 0 N–H and O–H groups in total. The molecule has 4 rings (SSSR count). The topological polar surface area (TPSA) is 40.6 Å². The van der Waals surface area contributed by atoms with E-state index in [1.807, 2.05) is 59.1 Å². The second-order valence-electron chi connectivity index (χ2n) is 6.93. The first-order valence-corrected chi connectivity index (χ1v) is 10.1. The van der Waals surface area contributed by atoms with Crippen LogP contribution in [0.15, 0.2) is 60.0 Å². The first kappa shape index (κ1) is 17.9. The van der Waals surface area contributed by atoms with E-state index in [0.717, 1.165) is 22.6 Å². The van der Waals surface area contributed by atoms with Gasteiger partial charge in [0.15, 0.2) is 0 Å². The standard InChI is InChI=1S/C22H22N2O2S/c1-15-11-13-24(19-9-5-6-10-20(19)27-15)21(25)12-14-23-16(2)17-7-3-4-8-18(17)22(23)26/h3-10,15H,2,11-14H2,1H3/t15-/m1/s1. The minimum atomic E-state index is -0.0659. The van der Waals surface area contributed by atoms with Gasteiger partial charge >= 0.3 is 0 Å². The number of rotatable bonds is 3. The molecule has 0 saturated heterocycles. The van der Waals surface area contributed by atoms with Gasteiger partial charge in [0.05, 0.1) is 5.69 Å². The Bertz CT molecular complexity index is 889. The van der Waals surface area contributed by atoms with Gasteiger partial charge in [-0.1, -0.05) is 43.8 Å². The highest BCUT2D eigenvalue weighted by Gasteiger charge is 2.31. The first-order valence-electron chi connectivity index (χ1n) is 9.22. The van der Waals surface area contributed by atoms with Crippen LogP contribution in [0.25, 0.3) is 5.70 Å². The second kappa shape index (κ2) is 7.24.